The highest BCUT2D eigenvalue weighted by atomic mass is 35.5. The first-order valence-corrected chi connectivity index (χ1v) is 9.10. The van der Waals surface area contributed by atoms with Gasteiger partial charge in [-0.15, -0.1) is 0 Å². The summed E-state index contributed by atoms with van der Waals surface area (Å²) in [5.74, 6) is -0.676. The van der Waals surface area contributed by atoms with Crippen LogP contribution in [0.25, 0.3) is 0 Å². The number of fused-ring (bicyclic) bond motifs is 1. The smallest absolute Gasteiger partial charge is 0.308 e. The summed E-state index contributed by atoms with van der Waals surface area (Å²) in [7, 11) is 0. The van der Waals surface area contributed by atoms with Crippen LogP contribution in [0.4, 0.5) is 11.4 Å². The Bertz CT molecular complexity index is 884. The van der Waals surface area contributed by atoms with Gasteiger partial charge < -0.3 is 19.7 Å². The van der Waals surface area contributed by atoms with Crippen molar-refractivity contribution in [2.24, 2.45) is 0 Å². The van der Waals surface area contributed by atoms with Gasteiger partial charge in [0.05, 0.1) is 12.1 Å². The van der Waals surface area contributed by atoms with E-state index in [1.54, 1.807) is 42.5 Å². The number of nitrogens with zero attached hydrogens (tertiary/aromatic N) is 1. The maximum atomic E-state index is 12.2. The van der Waals surface area contributed by atoms with Gasteiger partial charge in [-0.25, -0.2) is 0 Å². The first-order valence-electron chi connectivity index (χ1n) is 8.72. The van der Waals surface area contributed by atoms with E-state index in [9.17, 15) is 14.4 Å². The van der Waals surface area contributed by atoms with Crippen molar-refractivity contribution in [1.29, 1.82) is 0 Å². The van der Waals surface area contributed by atoms with Crippen LogP contribution in [0.1, 0.15) is 13.3 Å². The zero-order valence-electron chi connectivity index (χ0n) is 15.2. The molecule has 0 aromatic heterocycles. The summed E-state index contributed by atoms with van der Waals surface area (Å²) in [6.45, 7) is 1.55. The summed E-state index contributed by atoms with van der Waals surface area (Å²) in [5.41, 5.74) is 1.16. The normalized spacial score (nSPS) is 13.9. The van der Waals surface area contributed by atoms with Crippen molar-refractivity contribution in [3.8, 4) is 5.75 Å². The molecule has 28 heavy (non-hydrogen) atoms. The highest BCUT2D eigenvalue weighted by Crippen LogP contribution is 2.31. The molecule has 0 saturated heterocycles. The van der Waals surface area contributed by atoms with Crippen LogP contribution in [0.15, 0.2) is 48.5 Å². The molecule has 0 spiro atoms. The number of para-hydroxylation sites is 2. The number of hydrogen-bond donors (Lipinski definition) is 1. The molecule has 0 unspecified atom stereocenters. The lowest BCUT2D eigenvalue weighted by atomic mass is 10.2. The largest absolute Gasteiger partial charge is 0.482 e. The summed E-state index contributed by atoms with van der Waals surface area (Å²) in [5, 5.41) is 3.20. The summed E-state index contributed by atoms with van der Waals surface area (Å²) in [4.78, 5) is 37.9. The lowest BCUT2D eigenvalue weighted by Crippen LogP contribution is -2.40. The molecular weight excluding hydrogens is 384 g/mol. The maximum Gasteiger partial charge on any atom is 0.308 e. The Morgan fingerprint density at radius 1 is 1.21 bits per heavy atom. The number of hydrogen-bond acceptors (Lipinski definition) is 5. The van der Waals surface area contributed by atoms with E-state index in [1.165, 1.54) is 11.8 Å². The molecule has 1 aliphatic rings. The van der Waals surface area contributed by atoms with Crippen LogP contribution >= 0.6 is 11.6 Å². The molecule has 1 N–H and O–H groups in total. The third-order valence-corrected chi connectivity index (χ3v) is 4.39. The Hall–Kier alpha value is -3.06. The van der Waals surface area contributed by atoms with Crippen molar-refractivity contribution >= 4 is 40.8 Å². The molecule has 0 aliphatic carbocycles. The fourth-order valence-corrected chi connectivity index (χ4v) is 2.81. The number of amides is 2. The van der Waals surface area contributed by atoms with Crippen molar-refractivity contribution < 1.29 is 23.9 Å². The van der Waals surface area contributed by atoms with Crippen molar-refractivity contribution in [2.45, 2.75) is 19.4 Å². The van der Waals surface area contributed by atoms with E-state index >= 15 is 0 Å². The van der Waals surface area contributed by atoms with Crippen LogP contribution in [0, 0.1) is 0 Å². The number of ether oxygens (including phenoxy) is 2. The SMILES string of the molecule is C[C@@H](OC(=O)CCN1C(=O)COc2ccccc21)C(=O)Nc1ccc(Cl)cc1. The predicted octanol–water partition coefficient (Wildman–Crippen LogP) is 3.03. The second-order valence-electron chi connectivity index (χ2n) is 6.18. The number of esters is 1. The van der Waals surface area contributed by atoms with E-state index < -0.39 is 18.0 Å². The molecule has 0 bridgehead atoms. The van der Waals surface area contributed by atoms with E-state index in [-0.39, 0.29) is 25.5 Å². The number of anilines is 2. The van der Waals surface area contributed by atoms with Gasteiger partial charge in [0, 0.05) is 17.3 Å². The Morgan fingerprint density at radius 2 is 1.93 bits per heavy atom. The zero-order valence-corrected chi connectivity index (χ0v) is 15.9. The predicted molar refractivity (Wildman–Crippen MR) is 105 cm³/mol. The van der Waals surface area contributed by atoms with Gasteiger partial charge in [-0.05, 0) is 43.3 Å². The van der Waals surface area contributed by atoms with Gasteiger partial charge >= 0.3 is 5.97 Å². The first-order chi connectivity index (χ1) is 13.4. The third-order valence-electron chi connectivity index (χ3n) is 4.14. The molecule has 1 heterocycles. The maximum absolute atomic E-state index is 12.2. The summed E-state index contributed by atoms with van der Waals surface area (Å²) in [6, 6.07) is 13.7. The molecule has 3 rings (SSSR count). The Balaban J connectivity index is 1.52. The zero-order chi connectivity index (χ0) is 20.1. The number of benzene rings is 2. The van der Waals surface area contributed by atoms with Crippen LogP contribution in [0.3, 0.4) is 0 Å². The molecule has 2 aromatic carbocycles. The number of carbonyl (C=O) groups excluding carboxylic acids is 3. The number of nitrogens with one attached hydrogen (secondary N) is 1. The molecule has 2 amide bonds. The van der Waals surface area contributed by atoms with Crippen molar-refractivity contribution in [2.75, 3.05) is 23.4 Å². The minimum atomic E-state index is -0.976. The fraction of sp³-hybridized carbons (Fsp3) is 0.250. The summed E-state index contributed by atoms with van der Waals surface area (Å²) < 4.78 is 10.5. The van der Waals surface area contributed by atoms with E-state index in [4.69, 9.17) is 21.1 Å². The quantitative estimate of drug-likeness (QED) is 0.751. The number of carbonyl (C=O) groups is 3. The molecule has 2 aromatic rings. The summed E-state index contributed by atoms with van der Waals surface area (Å²) in [6.07, 6.45) is -1.02. The van der Waals surface area contributed by atoms with Gasteiger partial charge in [-0.3, -0.25) is 14.4 Å². The Labute approximate surface area is 167 Å². The van der Waals surface area contributed by atoms with Crippen LogP contribution in [-0.2, 0) is 19.1 Å². The van der Waals surface area contributed by atoms with Crippen LogP contribution in [0.5, 0.6) is 5.75 Å². The lowest BCUT2D eigenvalue weighted by Gasteiger charge is -2.29. The van der Waals surface area contributed by atoms with Crippen molar-refractivity contribution in [1.82, 2.24) is 0 Å². The van der Waals surface area contributed by atoms with Crippen LogP contribution < -0.4 is 15.0 Å². The molecule has 1 atom stereocenters. The third kappa shape index (κ3) is 4.80. The Morgan fingerprint density at radius 3 is 2.68 bits per heavy atom. The van der Waals surface area contributed by atoms with Crippen molar-refractivity contribution in [3.63, 3.8) is 0 Å². The van der Waals surface area contributed by atoms with E-state index in [1.807, 2.05) is 6.07 Å². The highest BCUT2D eigenvalue weighted by Gasteiger charge is 2.26. The molecule has 8 heteroatoms. The second-order valence-corrected chi connectivity index (χ2v) is 6.62. The molecule has 146 valence electrons. The molecular formula is C20H19ClN2O5. The monoisotopic (exact) mass is 402 g/mol. The van der Waals surface area contributed by atoms with Gasteiger partial charge in [-0.2, -0.15) is 0 Å². The molecule has 7 nitrogen and oxygen atoms in total. The average molecular weight is 403 g/mol. The minimum Gasteiger partial charge on any atom is -0.482 e. The topological polar surface area (TPSA) is 84.9 Å². The molecule has 0 saturated carbocycles. The average Bonchev–Trinajstić information content (AvgIpc) is 2.69. The van der Waals surface area contributed by atoms with Gasteiger partial charge in [0.2, 0.25) is 0 Å². The highest BCUT2D eigenvalue weighted by molar-refractivity contribution is 6.30. The standard InChI is InChI=1S/C20H19ClN2O5/c1-13(20(26)22-15-8-6-14(21)7-9-15)28-19(25)10-11-23-16-4-2-3-5-17(16)27-12-18(23)24/h2-9,13H,10-12H2,1H3,(H,22,26)/t13-/m1/s1. The van der Waals surface area contributed by atoms with Crippen LogP contribution in [-0.4, -0.2) is 37.0 Å². The van der Waals surface area contributed by atoms with Gasteiger partial charge in [0.25, 0.3) is 11.8 Å². The summed E-state index contributed by atoms with van der Waals surface area (Å²) >= 11 is 5.80. The molecule has 0 fully saturated rings. The minimum absolute atomic E-state index is 0.0430. The number of halogens is 1. The van der Waals surface area contributed by atoms with E-state index in [0.717, 1.165) is 0 Å². The molecule has 0 radical (unpaired) electrons. The Kier molecular flexibility index (Phi) is 6.16. The lowest BCUT2D eigenvalue weighted by molar-refractivity contribution is -0.153. The molecule has 1 aliphatic heterocycles. The number of rotatable bonds is 6. The van der Waals surface area contributed by atoms with E-state index in [0.29, 0.717) is 22.1 Å². The fourth-order valence-electron chi connectivity index (χ4n) is 2.69. The van der Waals surface area contributed by atoms with E-state index in [2.05, 4.69) is 5.32 Å². The second kappa shape index (κ2) is 8.75. The van der Waals surface area contributed by atoms with Crippen LogP contribution in [0.2, 0.25) is 5.02 Å². The first kappa shape index (κ1) is 19.7. The van der Waals surface area contributed by atoms with Crippen molar-refractivity contribution in [3.05, 3.63) is 53.6 Å². The van der Waals surface area contributed by atoms with Gasteiger partial charge in [0.1, 0.15) is 5.75 Å². The van der Waals surface area contributed by atoms with Gasteiger partial charge in [0.15, 0.2) is 12.7 Å². The van der Waals surface area contributed by atoms with Gasteiger partial charge in [-0.1, -0.05) is 23.7 Å².